The molecule has 2 atom stereocenters. The molecule has 0 aliphatic carbocycles. The first kappa shape index (κ1) is 17.8. The number of carbonyl (C=O) groups excluding carboxylic acids is 1. The molecule has 0 aromatic carbocycles. The summed E-state index contributed by atoms with van der Waals surface area (Å²) in [4.78, 5) is 22.4. The van der Waals surface area contributed by atoms with Crippen LogP contribution in [0, 0.1) is 0 Å². The van der Waals surface area contributed by atoms with Crippen LogP contribution < -0.4 is 10.6 Å². The zero-order valence-corrected chi connectivity index (χ0v) is 12.1. The maximum Gasteiger partial charge on any atom is 0.326 e. The third-order valence-electron chi connectivity index (χ3n) is 2.34. The van der Waals surface area contributed by atoms with Crippen LogP contribution in [0.4, 0.5) is 4.79 Å². The average molecular weight is 294 g/mol. The first-order chi connectivity index (χ1) is 8.97. The van der Waals surface area contributed by atoms with Crippen LogP contribution in [0.15, 0.2) is 0 Å². The number of amides is 2. The van der Waals surface area contributed by atoms with Crippen molar-refractivity contribution >= 4 is 22.8 Å². The normalized spacial score (nSPS) is 13.6. The molecule has 0 aromatic heterocycles. The van der Waals surface area contributed by atoms with E-state index in [1.54, 1.807) is 6.26 Å². The fourth-order valence-electron chi connectivity index (χ4n) is 1.38. The average Bonchev–Trinajstić information content (AvgIpc) is 2.33. The van der Waals surface area contributed by atoms with E-state index in [0.29, 0.717) is 38.2 Å². The molecule has 0 rings (SSSR count). The summed E-state index contributed by atoms with van der Waals surface area (Å²) in [6, 6.07) is -1.44. The van der Waals surface area contributed by atoms with E-state index in [-0.39, 0.29) is 0 Å². The Balaban J connectivity index is 3.89. The Morgan fingerprint density at radius 3 is 2.58 bits per heavy atom. The molecule has 0 fully saturated rings. The number of rotatable bonds is 10. The Kier molecular flexibility index (Phi) is 10.1. The van der Waals surface area contributed by atoms with E-state index in [0.717, 1.165) is 0 Å². The van der Waals surface area contributed by atoms with Crippen LogP contribution in [0.25, 0.3) is 0 Å². The van der Waals surface area contributed by atoms with E-state index in [9.17, 15) is 13.8 Å². The van der Waals surface area contributed by atoms with Crippen molar-refractivity contribution < 1.29 is 23.6 Å². The highest BCUT2D eigenvalue weighted by atomic mass is 32.2. The number of carboxylic acid groups (broad SMARTS) is 1. The Labute approximate surface area is 115 Å². The quantitative estimate of drug-likeness (QED) is 0.489. The lowest BCUT2D eigenvalue weighted by Crippen LogP contribution is -2.46. The lowest BCUT2D eigenvalue weighted by Gasteiger charge is -2.14. The molecule has 0 saturated carbocycles. The van der Waals surface area contributed by atoms with Gasteiger partial charge in [0, 0.05) is 43.1 Å². The van der Waals surface area contributed by atoms with Gasteiger partial charge in [-0.05, 0) is 19.3 Å². The molecule has 3 N–H and O–H groups in total. The molecule has 0 heterocycles. The molecule has 8 heteroatoms. The Hall–Kier alpha value is -1.15. The van der Waals surface area contributed by atoms with Crippen LogP contribution in [0.1, 0.15) is 19.3 Å². The first-order valence-corrected chi connectivity index (χ1v) is 7.76. The third kappa shape index (κ3) is 10.5. The Morgan fingerprint density at radius 1 is 1.37 bits per heavy atom. The summed E-state index contributed by atoms with van der Waals surface area (Å²) in [6.45, 7) is 0.825. The number of hydrogen-bond acceptors (Lipinski definition) is 4. The highest BCUT2D eigenvalue weighted by molar-refractivity contribution is 7.84. The van der Waals surface area contributed by atoms with Gasteiger partial charge in [0.2, 0.25) is 0 Å². The SMILES string of the molecule is COCCCC(NC(=O)NCCCS(C)=O)C(=O)O. The third-order valence-corrected chi connectivity index (χ3v) is 3.20. The molecule has 7 nitrogen and oxygen atoms in total. The number of carbonyl (C=O) groups is 2. The van der Waals surface area contributed by atoms with Gasteiger partial charge in [0.1, 0.15) is 6.04 Å². The van der Waals surface area contributed by atoms with Gasteiger partial charge in [-0.1, -0.05) is 0 Å². The molecular formula is C11H22N2O5S. The van der Waals surface area contributed by atoms with E-state index < -0.39 is 28.8 Å². The molecule has 0 saturated heterocycles. The van der Waals surface area contributed by atoms with Gasteiger partial charge >= 0.3 is 12.0 Å². The monoisotopic (exact) mass is 294 g/mol. The van der Waals surface area contributed by atoms with E-state index >= 15 is 0 Å². The van der Waals surface area contributed by atoms with E-state index in [4.69, 9.17) is 9.84 Å². The summed E-state index contributed by atoms with van der Waals surface area (Å²) >= 11 is 0. The van der Waals surface area contributed by atoms with Crippen molar-refractivity contribution in [2.45, 2.75) is 25.3 Å². The Morgan fingerprint density at radius 2 is 2.05 bits per heavy atom. The van der Waals surface area contributed by atoms with E-state index in [1.165, 1.54) is 7.11 Å². The van der Waals surface area contributed by atoms with Gasteiger partial charge in [-0.25, -0.2) is 9.59 Å². The first-order valence-electron chi connectivity index (χ1n) is 6.03. The highest BCUT2D eigenvalue weighted by Gasteiger charge is 2.18. The maximum atomic E-state index is 11.4. The molecule has 0 aromatic rings. The van der Waals surface area contributed by atoms with Gasteiger partial charge in [-0.2, -0.15) is 0 Å². The molecule has 2 unspecified atom stereocenters. The largest absolute Gasteiger partial charge is 0.480 e. The molecule has 2 amide bonds. The van der Waals surface area contributed by atoms with Gasteiger partial charge in [-0.15, -0.1) is 0 Å². The summed E-state index contributed by atoms with van der Waals surface area (Å²) in [5, 5.41) is 13.9. The number of aliphatic carboxylic acids is 1. The summed E-state index contributed by atoms with van der Waals surface area (Å²) in [5.74, 6) is -0.558. The molecule has 0 aliphatic heterocycles. The Bertz CT molecular complexity index is 311. The topological polar surface area (TPSA) is 105 Å². The lowest BCUT2D eigenvalue weighted by molar-refractivity contribution is -0.139. The van der Waals surface area contributed by atoms with Crippen LogP contribution in [0.5, 0.6) is 0 Å². The summed E-state index contributed by atoms with van der Waals surface area (Å²) in [7, 11) is 0.652. The van der Waals surface area contributed by atoms with E-state index in [2.05, 4.69) is 10.6 Å². The van der Waals surface area contributed by atoms with Crippen molar-refractivity contribution in [3.05, 3.63) is 0 Å². The number of carboxylic acids is 1. The van der Waals surface area contributed by atoms with Crippen LogP contribution >= 0.6 is 0 Å². The minimum absolute atomic E-state index is 0.315. The van der Waals surface area contributed by atoms with Crippen LogP contribution in [0.3, 0.4) is 0 Å². The highest BCUT2D eigenvalue weighted by Crippen LogP contribution is 1.98. The van der Waals surface area contributed by atoms with E-state index in [1.807, 2.05) is 0 Å². The smallest absolute Gasteiger partial charge is 0.326 e. The molecule has 0 bridgehead atoms. The second-order valence-corrected chi connectivity index (χ2v) is 5.61. The van der Waals surface area contributed by atoms with Gasteiger partial charge in [0.15, 0.2) is 0 Å². The number of urea groups is 1. The van der Waals surface area contributed by atoms with Crippen molar-refractivity contribution in [1.29, 1.82) is 0 Å². The summed E-state index contributed by atoms with van der Waals surface area (Å²) in [6.07, 6.45) is 3.06. The van der Waals surface area contributed by atoms with Crippen molar-refractivity contribution in [2.75, 3.05) is 32.3 Å². The van der Waals surface area contributed by atoms with Gasteiger partial charge in [0.25, 0.3) is 0 Å². The van der Waals surface area contributed by atoms with Gasteiger partial charge in [0.05, 0.1) is 0 Å². The maximum absolute atomic E-state index is 11.4. The minimum atomic E-state index is -1.07. The summed E-state index contributed by atoms with van der Waals surface area (Å²) in [5.41, 5.74) is 0. The molecule has 112 valence electrons. The van der Waals surface area contributed by atoms with Crippen molar-refractivity contribution in [3.8, 4) is 0 Å². The molecule has 0 radical (unpaired) electrons. The zero-order valence-electron chi connectivity index (χ0n) is 11.3. The summed E-state index contributed by atoms with van der Waals surface area (Å²) < 4.78 is 15.6. The number of methoxy groups -OCH3 is 1. The van der Waals surface area contributed by atoms with Crippen LogP contribution in [0.2, 0.25) is 0 Å². The fourth-order valence-corrected chi connectivity index (χ4v) is 1.93. The molecular weight excluding hydrogens is 272 g/mol. The second kappa shape index (κ2) is 10.7. The van der Waals surface area contributed by atoms with Crippen molar-refractivity contribution in [1.82, 2.24) is 10.6 Å². The van der Waals surface area contributed by atoms with Crippen molar-refractivity contribution in [3.63, 3.8) is 0 Å². The predicted molar refractivity (Wildman–Crippen MR) is 72.6 cm³/mol. The lowest BCUT2D eigenvalue weighted by atomic mass is 10.1. The van der Waals surface area contributed by atoms with Crippen molar-refractivity contribution in [2.24, 2.45) is 0 Å². The predicted octanol–water partition coefficient (Wildman–Crippen LogP) is -0.0660. The number of nitrogens with one attached hydrogen (secondary N) is 2. The number of ether oxygens (including phenoxy) is 1. The molecule has 0 aliphatic rings. The van der Waals surface area contributed by atoms with Gasteiger partial charge < -0.3 is 20.5 Å². The van der Waals surface area contributed by atoms with Crippen LogP contribution in [-0.2, 0) is 20.3 Å². The standard InChI is InChI=1S/C11H22N2O5S/c1-18-7-3-5-9(10(14)15)13-11(16)12-6-4-8-19(2)17/h9H,3-8H2,1-2H3,(H,14,15)(H2,12,13,16). The molecule has 0 spiro atoms. The second-order valence-electron chi connectivity index (χ2n) is 4.06. The van der Waals surface area contributed by atoms with Gasteiger partial charge in [-0.3, -0.25) is 4.21 Å². The minimum Gasteiger partial charge on any atom is -0.480 e. The van der Waals surface area contributed by atoms with Crippen LogP contribution in [-0.4, -0.2) is 59.6 Å². The zero-order chi connectivity index (χ0) is 14.7. The number of hydrogen-bond donors (Lipinski definition) is 3. The fraction of sp³-hybridized carbons (Fsp3) is 0.818. The molecule has 19 heavy (non-hydrogen) atoms.